The van der Waals surface area contributed by atoms with E-state index in [9.17, 15) is 4.79 Å². The lowest BCUT2D eigenvalue weighted by Gasteiger charge is -1.99. The normalized spacial score (nSPS) is 10.5. The molecule has 0 aliphatic rings. The molecule has 0 amide bonds. The Morgan fingerprint density at radius 2 is 1.76 bits per heavy atom. The molecule has 0 aliphatic heterocycles. The van der Waals surface area contributed by atoms with Gasteiger partial charge in [-0.25, -0.2) is 0 Å². The van der Waals surface area contributed by atoms with Gasteiger partial charge < -0.3 is 0 Å². The van der Waals surface area contributed by atoms with Crippen LogP contribution in [0, 0.1) is 0 Å². The Morgan fingerprint density at radius 3 is 2.48 bits per heavy atom. The minimum absolute atomic E-state index is 0.0699. The maximum Gasteiger partial charge on any atom is 0.189 e. The zero-order chi connectivity index (χ0) is 14.7. The second-order valence-electron chi connectivity index (χ2n) is 4.58. The summed E-state index contributed by atoms with van der Waals surface area (Å²) in [5, 5.41) is 9.00. The summed E-state index contributed by atoms with van der Waals surface area (Å²) in [6, 6.07) is 16.7. The van der Waals surface area contributed by atoms with Crippen LogP contribution in [0.3, 0.4) is 0 Å². The SMILES string of the molecule is O=C(Cc1ccc(Cl)cc1)c1cnn(-c2ccccc2)n1. The maximum atomic E-state index is 12.2. The van der Waals surface area contributed by atoms with Crippen LogP contribution in [0.4, 0.5) is 0 Å². The first-order chi connectivity index (χ1) is 10.2. The van der Waals surface area contributed by atoms with E-state index < -0.39 is 0 Å². The van der Waals surface area contributed by atoms with E-state index in [-0.39, 0.29) is 12.2 Å². The van der Waals surface area contributed by atoms with Crippen LogP contribution >= 0.6 is 11.6 Å². The smallest absolute Gasteiger partial charge is 0.189 e. The molecule has 0 fully saturated rings. The van der Waals surface area contributed by atoms with E-state index in [1.807, 2.05) is 42.5 Å². The molecule has 0 atom stereocenters. The van der Waals surface area contributed by atoms with E-state index in [4.69, 9.17) is 11.6 Å². The standard InChI is InChI=1S/C16H12ClN3O/c17-13-8-6-12(7-9-13)10-16(21)15-11-18-20(19-15)14-4-2-1-3-5-14/h1-9,11H,10H2. The summed E-state index contributed by atoms with van der Waals surface area (Å²) in [5.41, 5.74) is 2.08. The van der Waals surface area contributed by atoms with Crippen LogP contribution in [0.25, 0.3) is 5.69 Å². The van der Waals surface area contributed by atoms with Crippen molar-refractivity contribution in [3.8, 4) is 5.69 Å². The lowest BCUT2D eigenvalue weighted by molar-refractivity contribution is 0.0988. The van der Waals surface area contributed by atoms with Crippen molar-refractivity contribution in [2.24, 2.45) is 0 Å². The molecule has 0 N–H and O–H groups in total. The molecule has 0 saturated carbocycles. The third-order valence-electron chi connectivity index (χ3n) is 3.04. The molecule has 4 nitrogen and oxygen atoms in total. The van der Waals surface area contributed by atoms with Crippen LogP contribution in [0.5, 0.6) is 0 Å². The number of aromatic nitrogens is 3. The molecular weight excluding hydrogens is 286 g/mol. The molecule has 1 aromatic heterocycles. The van der Waals surface area contributed by atoms with Crippen LogP contribution in [-0.2, 0) is 6.42 Å². The molecule has 1 heterocycles. The number of hydrogen-bond acceptors (Lipinski definition) is 3. The Morgan fingerprint density at radius 1 is 1.05 bits per heavy atom. The van der Waals surface area contributed by atoms with Gasteiger partial charge in [-0.3, -0.25) is 4.79 Å². The molecule has 0 unspecified atom stereocenters. The second kappa shape index (κ2) is 5.89. The largest absolute Gasteiger partial charge is 0.292 e. The summed E-state index contributed by atoms with van der Waals surface area (Å²) in [6.07, 6.45) is 1.77. The van der Waals surface area contributed by atoms with Crippen LogP contribution in [-0.4, -0.2) is 20.8 Å². The third kappa shape index (κ3) is 3.17. The Kier molecular flexibility index (Phi) is 3.79. The fourth-order valence-electron chi connectivity index (χ4n) is 1.95. The molecule has 0 aliphatic carbocycles. The summed E-state index contributed by atoms with van der Waals surface area (Å²) >= 11 is 5.83. The Bertz CT molecular complexity index is 751. The van der Waals surface area contributed by atoms with Gasteiger partial charge in [-0.05, 0) is 29.8 Å². The van der Waals surface area contributed by atoms with E-state index in [1.165, 1.54) is 11.0 Å². The van der Waals surface area contributed by atoms with Gasteiger partial charge in [0.2, 0.25) is 0 Å². The first-order valence-electron chi connectivity index (χ1n) is 6.48. The molecule has 104 valence electrons. The molecule has 21 heavy (non-hydrogen) atoms. The molecule has 0 spiro atoms. The van der Waals surface area contributed by atoms with Crippen molar-refractivity contribution < 1.29 is 4.79 Å². The highest BCUT2D eigenvalue weighted by atomic mass is 35.5. The summed E-state index contributed by atoms with van der Waals surface area (Å²) in [5.74, 6) is -0.0699. The number of hydrogen-bond donors (Lipinski definition) is 0. The zero-order valence-corrected chi connectivity index (χ0v) is 11.9. The van der Waals surface area contributed by atoms with Crippen molar-refractivity contribution in [3.05, 3.63) is 77.1 Å². The van der Waals surface area contributed by atoms with Gasteiger partial charge in [-0.2, -0.15) is 9.90 Å². The number of ketones is 1. The molecule has 2 aromatic carbocycles. The quantitative estimate of drug-likeness (QED) is 0.694. The van der Waals surface area contributed by atoms with E-state index in [0.29, 0.717) is 10.7 Å². The third-order valence-corrected chi connectivity index (χ3v) is 3.29. The predicted molar refractivity (Wildman–Crippen MR) is 80.8 cm³/mol. The van der Waals surface area contributed by atoms with E-state index in [1.54, 1.807) is 12.1 Å². The number of nitrogens with zero attached hydrogens (tertiary/aromatic N) is 3. The first-order valence-corrected chi connectivity index (χ1v) is 6.85. The van der Waals surface area contributed by atoms with E-state index in [2.05, 4.69) is 10.2 Å². The summed E-state index contributed by atoms with van der Waals surface area (Å²) in [6.45, 7) is 0. The van der Waals surface area contributed by atoms with Gasteiger partial charge in [0.25, 0.3) is 0 Å². The highest BCUT2D eigenvalue weighted by molar-refractivity contribution is 6.30. The number of para-hydroxylation sites is 1. The molecule has 0 saturated heterocycles. The van der Waals surface area contributed by atoms with Gasteiger partial charge in [-0.1, -0.05) is 41.9 Å². The fraction of sp³-hybridized carbons (Fsp3) is 0.0625. The summed E-state index contributed by atoms with van der Waals surface area (Å²) in [7, 11) is 0. The fourth-order valence-corrected chi connectivity index (χ4v) is 2.08. The lowest BCUT2D eigenvalue weighted by Crippen LogP contribution is -2.06. The molecule has 0 radical (unpaired) electrons. The minimum Gasteiger partial charge on any atom is -0.292 e. The maximum absolute atomic E-state index is 12.2. The average molecular weight is 298 g/mol. The van der Waals surface area contributed by atoms with Gasteiger partial charge >= 0.3 is 0 Å². The van der Waals surface area contributed by atoms with Gasteiger partial charge in [0.15, 0.2) is 5.78 Å². The van der Waals surface area contributed by atoms with Crippen LogP contribution in [0.15, 0.2) is 60.8 Å². The number of benzene rings is 2. The van der Waals surface area contributed by atoms with Crippen molar-refractivity contribution in [1.82, 2.24) is 15.0 Å². The minimum atomic E-state index is -0.0699. The highest BCUT2D eigenvalue weighted by Gasteiger charge is 2.12. The molecule has 3 aromatic rings. The lowest BCUT2D eigenvalue weighted by atomic mass is 10.1. The number of rotatable bonds is 4. The van der Waals surface area contributed by atoms with Crippen molar-refractivity contribution in [2.75, 3.05) is 0 Å². The molecular formula is C16H12ClN3O. The van der Waals surface area contributed by atoms with Crippen LogP contribution < -0.4 is 0 Å². The van der Waals surface area contributed by atoms with Crippen LogP contribution in [0.1, 0.15) is 16.1 Å². The van der Waals surface area contributed by atoms with Gasteiger partial charge in [0, 0.05) is 11.4 Å². The van der Waals surface area contributed by atoms with Crippen molar-refractivity contribution in [2.45, 2.75) is 6.42 Å². The number of Topliss-reactive ketones (excluding diaryl/α,β-unsaturated/α-hetero) is 1. The number of carbonyl (C=O) groups is 1. The number of carbonyl (C=O) groups excluding carboxylic acids is 1. The summed E-state index contributed by atoms with van der Waals surface area (Å²) in [4.78, 5) is 13.6. The van der Waals surface area contributed by atoms with E-state index >= 15 is 0 Å². The monoisotopic (exact) mass is 297 g/mol. The molecule has 0 bridgehead atoms. The van der Waals surface area contributed by atoms with Crippen molar-refractivity contribution in [3.63, 3.8) is 0 Å². The van der Waals surface area contributed by atoms with Crippen molar-refractivity contribution >= 4 is 17.4 Å². The number of halogens is 1. The summed E-state index contributed by atoms with van der Waals surface area (Å²) < 4.78 is 0. The first kappa shape index (κ1) is 13.5. The molecule has 5 heteroatoms. The second-order valence-corrected chi connectivity index (χ2v) is 5.02. The molecule has 3 rings (SSSR count). The van der Waals surface area contributed by atoms with Gasteiger partial charge in [0.1, 0.15) is 5.69 Å². The van der Waals surface area contributed by atoms with Crippen LogP contribution in [0.2, 0.25) is 5.02 Å². The Hall–Kier alpha value is -2.46. The highest BCUT2D eigenvalue weighted by Crippen LogP contribution is 2.12. The predicted octanol–water partition coefficient (Wildman–Crippen LogP) is 3.35. The van der Waals surface area contributed by atoms with E-state index in [0.717, 1.165) is 11.3 Å². The topological polar surface area (TPSA) is 47.8 Å². The average Bonchev–Trinajstić information content (AvgIpc) is 3.00. The van der Waals surface area contributed by atoms with Crippen molar-refractivity contribution in [1.29, 1.82) is 0 Å². The Labute approximate surface area is 127 Å². The van der Waals surface area contributed by atoms with Gasteiger partial charge in [-0.15, -0.1) is 5.10 Å². The zero-order valence-electron chi connectivity index (χ0n) is 11.1. The Balaban J connectivity index is 1.77. The van der Waals surface area contributed by atoms with Gasteiger partial charge in [0.05, 0.1) is 11.9 Å².